The third kappa shape index (κ3) is 3.27. The molecule has 0 bridgehead atoms. The zero-order valence-corrected chi connectivity index (χ0v) is 13.1. The van der Waals surface area contributed by atoms with E-state index < -0.39 is 11.7 Å². The Bertz CT molecular complexity index is 801. The highest BCUT2D eigenvalue weighted by Gasteiger charge is 2.26. The van der Waals surface area contributed by atoms with E-state index in [0.717, 1.165) is 0 Å². The van der Waals surface area contributed by atoms with Crippen molar-refractivity contribution in [1.82, 2.24) is 14.8 Å². The Morgan fingerprint density at radius 3 is 2.67 bits per heavy atom. The van der Waals surface area contributed by atoms with Crippen LogP contribution < -0.4 is 11.1 Å². The molecule has 1 aliphatic rings. The summed E-state index contributed by atoms with van der Waals surface area (Å²) >= 11 is 0. The largest absolute Gasteiger partial charge is 0.481 e. The SMILES string of the molecule is O=C(O)C1CCN(C(=O)NCCn2c(=O)oc3ccccc32)CC1. The lowest BCUT2D eigenvalue weighted by Crippen LogP contribution is -2.46. The van der Waals surface area contributed by atoms with Gasteiger partial charge in [0.2, 0.25) is 0 Å². The molecule has 0 unspecified atom stereocenters. The fourth-order valence-electron chi connectivity index (χ4n) is 2.94. The van der Waals surface area contributed by atoms with E-state index in [0.29, 0.717) is 50.1 Å². The molecule has 128 valence electrons. The number of rotatable bonds is 4. The van der Waals surface area contributed by atoms with Gasteiger partial charge < -0.3 is 19.7 Å². The van der Waals surface area contributed by atoms with Crippen LogP contribution in [0.3, 0.4) is 0 Å². The number of carbonyl (C=O) groups excluding carboxylic acids is 1. The normalized spacial score (nSPS) is 15.6. The third-order valence-electron chi connectivity index (χ3n) is 4.32. The first-order chi connectivity index (χ1) is 11.6. The van der Waals surface area contributed by atoms with Crippen LogP contribution in [0, 0.1) is 5.92 Å². The Morgan fingerprint density at radius 2 is 1.96 bits per heavy atom. The van der Waals surface area contributed by atoms with Crippen molar-refractivity contribution in [3.8, 4) is 0 Å². The lowest BCUT2D eigenvalue weighted by molar-refractivity contribution is -0.143. The van der Waals surface area contributed by atoms with Gasteiger partial charge in [0.1, 0.15) is 0 Å². The number of likely N-dealkylation sites (tertiary alicyclic amines) is 1. The number of aromatic nitrogens is 1. The third-order valence-corrected chi connectivity index (χ3v) is 4.32. The summed E-state index contributed by atoms with van der Waals surface area (Å²) < 4.78 is 6.61. The van der Waals surface area contributed by atoms with Crippen LogP contribution >= 0.6 is 0 Å². The first kappa shape index (κ1) is 16.1. The number of piperidine rings is 1. The lowest BCUT2D eigenvalue weighted by Gasteiger charge is -2.30. The van der Waals surface area contributed by atoms with Crippen molar-refractivity contribution in [1.29, 1.82) is 0 Å². The fourth-order valence-corrected chi connectivity index (χ4v) is 2.94. The number of hydrogen-bond donors (Lipinski definition) is 2. The molecule has 0 spiro atoms. The van der Waals surface area contributed by atoms with Gasteiger partial charge in [0.15, 0.2) is 5.58 Å². The summed E-state index contributed by atoms with van der Waals surface area (Å²) in [7, 11) is 0. The Labute approximate surface area is 137 Å². The van der Waals surface area contributed by atoms with E-state index in [1.54, 1.807) is 23.1 Å². The zero-order valence-electron chi connectivity index (χ0n) is 13.1. The minimum absolute atomic E-state index is 0.236. The number of benzene rings is 1. The van der Waals surface area contributed by atoms with Gasteiger partial charge in [0.25, 0.3) is 0 Å². The molecule has 0 atom stereocenters. The van der Waals surface area contributed by atoms with Crippen molar-refractivity contribution in [3.05, 3.63) is 34.8 Å². The van der Waals surface area contributed by atoms with Crippen LogP contribution in [0.4, 0.5) is 4.79 Å². The van der Waals surface area contributed by atoms with Crippen LogP contribution in [0.25, 0.3) is 11.1 Å². The summed E-state index contributed by atoms with van der Waals surface area (Å²) in [5.41, 5.74) is 1.21. The van der Waals surface area contributed by atoms with Crippen molar-refractivity contribution in [2.24, 2.45) is 5.92 Å². The van der Waals surface area contributed by atoms with Gasteiger partial charge in [-0.25, -0.2) is 9.59 Å². The van der Waals surface area contributed by atoms with Crippen LogP contribution in [-0.4, -0.2) is 46.2 Å². The maximum atomic E-state index is 12.1. The fraction of sp³-hybridized carbons (Fsp3) is 0.438. The first-order valence-corrected chi connectivity index (χ1v) is 7.90. The summed E-state index contributed by atoms with van der Waals surface area (Å²) in [4.78, 5) is 36.5. The minimum Gasteiger partial charge on any atom is -0.481 e. The van der Waals surface area contributed by atoms with E-state index in [9.17, 15) is 14.4 Å². The van der Waals surface area contributed by atoms with Gasteiger partial charge in [-0.2, -0.15) is 0 Å². The molecule has 24 heavy (non-hydrogen) atoms. The van der Waals surface area contributed by atoms with E-state index >= 15 is 0 Å². The van der Waals surface area contributed by atoms with Gasteiger partial charge in [-0.05, 0) is 25.0 Å². The van der Waals surface area contributed by atoms with E-state index in [2.05, 4.69) is 5.32 Å². The molecule has 0 saturated carbocycles. The number of nitrogens with zero attached hydrogens (tertiary/aromatic N) is 2. The molecule has 8 heteroatoms. The first-order valence-electron chi connectivity index (χ1n) is 7.90. The molecule has 2 amide bonds. The van der Waals surface area contributed by atoms with Gasteiger partial charge in [-0.15, -0.1) is 0 Å². The molecule has 2 N–H and O–H groups in total. The Morgan fingerprint density at radius 1 is 1.25 bits per heavy atom. The second-order valence-electron chi connectivity index (χ2n) is 5.82. The van der Waals surface area contributed by atoms with Gasteiger partial charge in [0.05, 0.1) is 11.4 Å². The quantitative estimate of drug-likeness (QED) is 0.872. The van der Waals surface area contributed by atoms with Crippen LogP contribution in [0.1, 0.15) is 12.8 Å². The molecule has 1 saturated heterocycles. The molecular weight excluding hydrogens is 314 g/mol. The molecule has 2 heterocycles. The van der Waals surface area contributed by atoms with Crippen molar-refractivity contribution < 1.29 is 19.1 Å². The Balaban J connectivity index is 1.53. The van der Waals surface area contributed by atoms with E-state index in [1.807, 2.05) is 6.07 Å². The standard InChI is InChI=1S/C16H19N3O5/c20-14(21)11-5-8-18(9-6-11)15(22)17-7-10-19-12-3-1-2-4-13(12)24-16(19)23/h1-4,11H,5-10H2,(H,17,22)(H,20,21). The number of fused-ring (bicyclic) bond motifs is 1. The number of carboxylic acids is 1. The summed E-state index contributed by atoms with van der Waals surface area (Å²) in [6.07, 6.45) is 0.934. The van der Waals surface area contributed by atoms with Crippen molar-refractivity contribution in [2.75, 3.05) is 19.6 Å². The Kier molecular flexibility index (Phi) is 4.54. The average molecular weight is 333 g/mol. The number of carbonyl (C=O) groups is 2. The van der Waals surface area contributed by atoms with Crippen LogP contribution in [-0.2, 0) is 11.3 Å². The van der Waals surface area contributed by atoms with Crippen molar-refractivity contribution in [2.45, 2.75) is 19.4 Å². The van der Waals surface area contributed by atoms with Crippen LogP contribution in [0.5, 0.6) is 0 Å². The van der Waals surface area contributed by atoms with Crippen LogP contribution in [0.15, 0.2) is 33.5 Å². The second-order valence-corrected chi connectivity index (χ2v) is 5.82. The molecule has 3 rings (SSSR count). The molecule has 2 aromatic rings. The number of oxazole rings is 1. The molecule has 8 nitrogen and oxygen atoms in total. The summed E-state index contributed by atoms with van der Waals surface area (Å²) in [5, 5.41) is 11.7. The van der Waals surface area contributed by atoms with Gasteiger partial charge >= 0.3 is 17.8 Å². The number of amides is 2. The highest BCUT2D eigenvalue weighted by atomic mass is 16.4. The minimum atomic E-state index is -0.804. The second kappa shape index (κ2) is 6.77. The highest BCUT2D eigenvalue weighted by Crippen LogP contribution is 2.17. The number of urea groups is 1. The molecule has 0 radical (unpaired) electrons. The molecule has 1 aromatic carbocycles. The number of nitrogens with one attached hydrogen (secondary N) is 1. The zero-order chi connectivity index (χ0) is 17.1. The molecule has 1 aromatic heterocycles. The predicted molar refractivity (Wildman–Crippen MR) is 85.8 cm³/mol. The van der Waals surface area contributed by atoms with Crippen molar-refractivity contribution >= 4 is 23.1 Å². The molecule has 1 aliphatic heterocycles. The van der Waals surface area contributed by atoms with E-state index in [4.69, 9.17) is 9.52 Å². The average Bonchev–Trinajstić information content (AvgIpc) is 2.90. The smallest absolute Gasteiger partial charge is 0.420 e. The number of para-hydroxylation sites is 2. The lowest BCUT2D eigenvalue weighted by atomic mass is 9.97. The van der Waals surface area contributed by atoms with E-state index in [1.165, 1.54) is 4.57 Å². The summed E-state index contributed by atoms with van der Waals surface area (Å²) in [6, 6.07) is 6.88. The van der Waals surface area contributed by atoms with Gasteiger partial charge in [0, 0.05) is 26.2 Å². The molecule has 0 aliphatic carbocycles. The summed E-state index contributed by atoms with van der Waals surface area (Å²) in [5.74, 6) is -1.63. The topological polar surface area (TPSA) is 105 Å². The maximum Gasteiger partial charge on any atom is 0.420 e. The van der Waals surface area contributed by atoms with Crippen LogP contribution in [0.2, 0.25) is 0 Å². The molecule has 1 fully saturated rings. The van der Waals surface area contributed by atoms with E-state index in [-0.39, 0.29) is 11.9 Å². The summed E-state index contributed by atoms with van der Waals surface area (Å²) in [6.45, 7) is 1.46. The highest BCUT2D eigenvalue weighted by molar-refractivity contribution is 5.75. The maximum absolute atomic E-state index is 12.1. The van der Waals surface area contributed by atoms with Gasteiger partial charge in [-0.3, -0.25) is 9.36 Å². The number of aliphatic carboxylic acids is 1. The molecular formula is C16H19N3O5. The number of hydrogen-bond acceptors (Lipinski definition) is 4. The van der Waals surface area contributed by atoms with Crippen molar-refractivity contribution in [3.63, 3.8) is 0 Å². The van der Waals surface area contributed by atoms with Gasteiger partial charge in [-0.1, -0.05) is 12.1 Å². The number of carboxylic acid groups (broad SMARTS) is 1. The monoisotopic (exact) mass is 333 g/mol. The Hall–Kier alpha value is -2.77. The predicted octanol–water partition coefficient (Wildman–Crippen LogP) is 1.10.